The summed E-state index contributed by atoms with van der Waals surface area (Å²) in [6.45, 7) is -0.133. The van der Waals surface area contributed by atoms with Crippen LogP contribution in [-0.4, -0.2) is 35.2 Å². The fraction of sp³-hybridized carbons (Fsp3) is 0.462. The van der Waals surface area contributed by atoms with Gasteiger partial charge in [0.15, 0.2) is 0 Å². The van der Waals surface area contributed by atoms with Gasteiger partial charge in [0.1, 0.15) is 5.75 Å². The molecule has 3 nitrogen and oxygen atoms in total. The molecule has 0 saturated carbocycles. The van der Waals surface area contributed by atoms with Crippen LogP contribution in [0.5, 0.6) is 5.75 Å². The van der Waals surface area contributed by atoms with Gasteiger partial charge in [-0.2, -0.15) is 13.2 Å². The molecule has 1 heterocycles. The van der Waals surface area contributed by atoms with Crippen LogP contribution in [0, 0.1) is 5.92 Å². The van der Waals surface area contributed by atoms with Crippen molar-refractivity contribution in [2.45, 2.75) is 19.0 Å². The average Bonchev–Trinajstić information content (AvgIpc) is 2.40. The molecule has 20 heavy (non-hydrogen) atoms. The third-order valence-electron chi connectivity index (χ3n) is 3.36. The van der Waals surface area contributed by atoms with E-state index >= 15 is 0 Å². The van der Waals surface area contributed by atoms with E-state index < -0.39 is 18.0 Å². The molecule has 0 aliphatic carbocycles. The van der Waals surface area contributed by atoms with Crippen LogP contribution in [0.4, 0.5) is 13.2 Å². The molecule has 7 heteroatoms. The minimum Gasteiger partial charge on any atom is -0.507 e. The van der Waals surface area contributed by atoms with E-state index in [1.807, 2.05) is 0 Å². The van der Waals surface area contributed by atoms with E-state index in [1.54, 1.807) is 0 Å². The van der Waals surface area contributed by atoms with Gasteiger partial charge in [0.25, 0.3) is 5.91 Å². The molecule has 0 bridgehead atoms. The summed E-state index contributed by atoms with van der Waals surface area (Å²) in [5.41, 5.74) is -0.0691. The third kappa shape index (κ3) is 3.17. The SMILES string of the molecule is O=C(c1cc(Cl)ccc1O)N1CCC[C@H](C(F)(F)F)C1. The number of aromatic hydroxyl groups is 1. The first kappa shape index (κ1) is 15.0. The lowest BCUT2D eigenvalue weighted by atomic mass is 9.97. The van der Waals surface area contributed by atoms with Crippen LogP contribution in [0.3, 0.4) is 0 Å². The van der Waals surface area contributed by atoms with Crippen molar-refractivity contribution in [1.29, 1.82) is 0 Å². The summed E-state index contributed by atoms with van der Waals surface area (Å²) in [5, 5.41) is 9.88. The van der Waals surface area contributed by atoms with Crippen molar-refractivity contribution >= 4 is 17.5 Å². The van der Waals surface area contributed by atoms with Crippen molar-refractivity contribution in [3.8, 4) is 5.75 Å². The lowest BCUT2D eigenvalue weighted by Crippen LogP contribution is -2.44. The molecule has 1 atom stereocenters. The Kier molecular flexibility index (Phi) is 4.13. The monoisotopic (exact) mass is 307 g/mol. The molecular formula is C13H13ClF3NO2. The molecule has 1 saturated heterocycles. The number of alkyl halides is 3. The van der Waals surface area contributed by atoms with Gasteiger partial charge >= 0.3 is 6.18 Å². The molecule has 1 aliphatic heterocycles. The number of rotatable bonds is 1. The number of carbonyl (C=O) groups excluding carboxylic acids is 1. The molecule has 1 N–H and O–H groups in total. The maximum atomic E-state index is 12.7. The normalized spacial score (nSPS) is 20.0. The fourth-order valence-corrected chi connectivity index (χ4v) is 2.45. The number of phenols is 1. The van der Waals surface area contributed by atoms with E-state index in [-0.39, 0.29) is 42.3 Å². The smallest absolute Gasteiger partial charge is 0.393 e. The molecule has 0 spiro atoms. The summed E-state index contributed by atoms with van der Waals surface area (Å²) < 4.78 is 38.1. The van der Waals surface area contributed by atoms with E-state index in [2.05, 4.69) is 0 Å². The predicted molar refractivity (Wildman–Crippen MR) is 67.8 cm³/mol. The quantitative estimate of drug-likeness (QED) is 0.863. The number of halogens is 4. The summed E-state index contributed by atoms with van der Waals surface area (Å²) in [6.07, 6.45) is -4.00. The number of likely N-dealkylation sites (tertiary alicyclic amines) is 1. The van der Waals surface area contributed by atoms with Crippen LogP contribution in [0.2, 0.25) is 5.02 Å². The van der Waals surface area contributed by atoms with E-state index in [0.717, 1.165) is 4.90 Å². The first-order valence-corrected chi connectivity index (χ1v) is 6.51. The first-order chi connectivity index (χ1) is 9.29. The van der Waals surface area contributed by atoms with Crippen LogP contribution in [0.1, 0.15) is 23.2 Å². The molecule has 2 rings (SSSR count). The molecule has 1 amide bonds. The summed E-state index contributed by atoms with van der Waals surface area (Å²) in [5.74, 6) is -2.42. The lowest BCUT2D eigenvalue weighted by Gasteiger charge is -2.33. The second-order valence-electron chi connectivity index (χ2n) is 4.79. The Labute approximate surface area is 118 Å². The zero-order chi connectivity index (χ0) is 14.9. The van der Waals surface area contributed by atoms with Crippen LogP contribution in [-0.2, 0) is 0 Å². The number of hydrogen-bond acceptors (Lipinski definition) is 2. The van der Waals surface area contributed by atoms with Crippen molar-refractivity contribution < 1.29 is 23.1 Å². The Bertz CT molecular complexity index is 519. The van der Waals surface area contributed by atoms with Crippen molar-refractivity contribution in [2.24, 2.45) is 5.92 Å². The van der Waals surface area contributed by atoms with Crippen LogP contribution in [0.15, 0.2) is 18.2 Å². The standard InChI is InChI=1S/C13H13ClF3NO2/c14-9-3-4-11(19)10(6-9)12(20)18-5-1-2-8(7-18)13(15,16)17/h3-4,6,8,19H,1-2,5,7H2/t8-/m0/s1. The number of phenolic OH excluding ortho intramolecular Hbond substituents is 1. The highest BCUT2D eigenvalue weighted by Gasteiger charge is 2.42. The molecule has 0 aromatic heterocycles. The highest BCUT2D eigenvalue weighted by atomic mass is 35.5. The number of carbonyl (C=O) groups is 1. The Morgan fingerprint density at radius 1 is 1.40 bits per heavy atom. The van der Waals surface area contributed by atoms with Gasteiger partial charge in [-0.05, 0) is 31.0 Å². The Balaban J connectivity index is 2.18. The molecule has 110 valence electrons. The number of piperidine rings is 1. The molecule has 0 radical (unpaired) electrons. The Morgan fingerprint density at radius 3 is 2.75 bits per heavy atom. The molecule has 1 aliphatic rings. The minimum absolute atomic E-state index is 0.0226. The van der Waals surface area contributed by atoms with Crippen LogP contribution in [0.25, 0.3) is 0 Å². The molecule has 1 fully saturated rings. The highest BCUT2D eigenvalue weighted by Crippen LogP contribution is 2.34. The predicted octanol–water partition coefficient (Wildman–Crippen LogP) is 3.46. The van der Waals surface area contributed by atoms with Crippen molar-refractivity contribution in [2.75, 3.05) is 13.1 Å². The Morgan fingerprint density at radius 2 is 2.10 bits per heavy atom. The molecule has 0 unspecified atom stereocenters. The maximum absolute atomic E-state index is 12.7. The zero-order valence-corrected chi connectivity index (χ0v) is 11.2. The zero-order valence-electron chi connectivity index (χ0n) is 10.5. The van der Waals surface area contributed by atoms with Crippen molar-refractivity contribution in [3.05, 3.63) is 28.8 Å². The van der Waals surface area contributed by atoms with Gasteiger partial charge in [0, 0.05) is 18.1 Å². The second-order valence-corrected chi connectivity index (χ2v) is 5.23. The van der Waals surface area contributed by atoms with Gasteiger partial charge < -0.3 is 10.0 Å². The molecular weight excluding hydrogens is 295 g/mol. The second kappa shape index (κ2) is 5.52. The van der Waals surface area contributed by atoms with Crippen molar-refractivity contribution in [3.63, 3.8) is 0 Å². The number of benzene rings is 1. The van der Waals surface area contributed by atoms with Gasteiger partial charge in [0.05, 0.1) is 11.5 Å². The summed E-state index contributed by atoms with van der Waals surface area (Å²) in [7, 11) is 0. The largest absolute Gasteiger partial charge is 0.507 e. The van der Waals surface area contributed by atoms with Crippen LogP contribution >= 0.6 is 11.6 Å². The van der Waals surface area contributed by atoms with E-state index in [4.69, 9.17) is 11.6 Å². The van der Waals surface area contributed by atoms with Gasteiger partial charge in [-0.3, -0.25) is 4.79 Å². The highest BCUT2D eigenvalue weighted by molar-refractivity contribution is 6.31. The summed E-state index contributed by atoms with van der Waals surface area (Å²) >= 11 is 5.74. The molecule has 1 aromatic rings. The van der Waals surface area contributed by atoms with Gasteiger partial charge in [0.2, 0.25) is 0 Å². The fourth-order valence-electron chi connectivity index (χ4n) is 2.28. The van der Waals surface area contributed by atoms with Gasteiger partial charge in [-0.1, -0.05) is 11.6 Å². The Hall–Kier alpha value is -1.43. The summed E-state index contributed by atoms with van der Waals surface area (Å²) in [6, 6.07) is 3.92. The minimum atomic E-state index is -4.31. The number of amides is 1. The maximum Gasteiger partial charge on any atom is 0.393 e. The van der Waals surface area contributed by atoms with Gasteiger partial charge in [-0.15, -0.1) is 0 Å². The van der Waals surface area contributed by atoms with E-state index in [0.29, 0.717) is 0 Å². The third-order valence-corrected chi connectivity index (χ3v) is 3.60. The van der Waals surface area contributed by atoms with Crippen molar-refractivity contribution in [1.82, 2.24) is 4.90 Å². The number of hydrogen-bond donors (Lipinski definition) is 1. The van der Waals surface area contributed by atoms with Gasteiger partial charge in [-0.25, -0.2) is 0 Å². The molecule has 1 aromatic carbocycles. The van der Waals surface area contributed by atoms with Crippen LogP contribution < -0.4 is 0 Å². The number of nitrogens with zero attached hydrogens (tertiary/aromatic N) is 1. The first-order valence-electron chi connectivity index (χ1n) is 6.13. The van der Waals surface area contributed by atoms with E-state index in [1.165, 1.54) is 18.2 Å². The lowest BCUT2D eigenvalue weighted by molar-refractivity contribution is -0.184. The van der Waals surface area contributed by atoms with E-state index in [9.17, 15) is 23.1 Å². The summed E-state index contributed by atoms with van der Waals surface area (Å²) in [4.78, 5) is 13.3. The topological polar surface area (TPSA) is 40.5 Å². The average molecular weight is 308 g/mol.